The molecule has 1 saturated heterocycles. The zero-order valence-corrected chi connectivity index (χ0v) is 21.1. The predicted octanol–water partition coefficient (Wildman–Crippen LogP) is 5.79. The molecule has 2 unspecified atom stereocenters. The summed E-state index contributed by atoms with van der Waals surface area (Å²) in [4.78, 5) is 14.5. The van der Waals surface area contributed by atoms with Gasteiger partial charge < -0.3 is 23.8 Å². The molecule has 0 radical (unpaired) electrons. The number of nitrogens with zero attached hydrogens (tertiary/aromatic N) is 1. The van der Waals surface area contributed by atoms with Crippen LogP contribution < -0.4 is 9.47 Å². The van der Waals surface area contributed by atoms with Crippen LogP contribution in [0.5, 0.6) is 11.5 Å². The summed E-state index contributed by atoms with van der Waals surface area (Å²) in [6.45, 7) is 17.3. The number of hydrogen-bond donors (Lipinski definition) is 0. The number of amides is 1. The lowest BCUT2D eigenvalue weighted by molar-refractivity contribution is -0.142. The molecule has 6 heteroatoms. The van der Waals surface area contributed by atoms with E-state index in [1.54, 1.807) is 12.2 Å². The van der Waals surface area contributed by atoms with Crippen LogP contribution in [0.25, 0.3) is 6.08 Å². The second kappa shape index (κ2) is 11.2. The van der Waals surface area contributed by atoms with Gasteiger partial charge >= 0.3 is 0 Å². The van der Waals surface area contributed by atoms with Crippen LogP contribution in [0.15, 0.2) is 24.3 Å². The van der Waals surface area contributed by atoms with Crippen LogP contribution in [0.2, 0.25) is 0 Å². The highest BCUT2D eigenvalue weighted by atomic mass is 16.7. The van der Waals surface area contributed by atoms with Gasteiger partial charge in [0.15, 0.2) is 12.6 Å². The first-order valence-corrected chi connectivity index (χ1v) is 11.6. The van der Waals surface area contributed by atoms with E-state index in [1.807, 2.05) is 78.5 Å². The molecule has 0 saturated carbocycles. The molecule has 1 aliphatic heterocycles. The standard InChI is InChI=1S/C26H41NO5/c1-19(31-25(3,4)5)29-22-14-12-21(13-15-24(28)27-16-10-9-11-17-27)23(18-22)30-20(2)32-26(6,7)8/h12-15,18-20H,9-11,16-17H2,1-8H3/b15-13+. The summed E-state index contributed by atoms with van der Waals surface area (Å²) in [5.41, 5.74) is 0.130. The number of rotatable bonds is 8. The second-order valence-corrected chi connectivity index (χ2v) is 10.3. The minimum Gasteiger partial charge on any atom is -0.465 e. The second-order valence-electron chi connectivity index (χ2n) is 10.3. The van der Waals surface area contributed by atoms with Gasteiger partial charge in [0.05, 0.1) is 11.2 Å². The lowest BCUT2D eigenvalue weighted by atomic mass is 10.1. The van der Waals surface area contributed by atoms with Gasteiger partial charge in [-0.3, -0.25) is 4.79 Å². The van der Waals surface area contributed by atoms with Gasteiger partial charge in [0, 0.05) is 30.8 Å². The molecule has 1 aromatic carbocycles. The molecule has 1 aromatic rings. The van der Waals surface area contributed by atoms with Crippen molar-refractivity contribution in [3.63, 3.8) is 0 Å². The summed E-state index contributed by atoms with van der Waals surface area (Å²) in [5.74, 6) is 1.24. The zero-order valence-electron chi connectivity index (χ0n) is 21.1. The molecule has 0 spiro atoms. The van der Waals surface area contributed by atoms with Crippen LogP contribution >= 0.6 is 0 Å². The van der Waals surface area contributed by atoms with Crippen LogP contribution in [-0.2, 0) is 14.3 Å². The summed E-state index contributed by atoms with van der Waals surface area (Å²) in [7, 11) is 0. The van der Waals surface area contributed by atoms with Crippen LogP contribution in [0.1, 0.15) is 80.2 Å². The van der Waals surface area contributed by atoms with E-state index in [2.05, 4.69) is 0 Å². The third-order valence-corrected chi connectivity index (χ3v) is 4.69. The van der Waals surface area contributed by atoms with Gasteiger partial charge in [0.2, 0.25) is 5.91 Å². The number of carbonyl (C=O) groups is 1. The summed E-state index contributed by atoms with van der Waals surface area (Å²) < 4.78 is 23.8. The Morgan fingerprint density at radius 2 is 1.47 bits per heavy atom. The fourth-order valence-electron chi connectivity index (χ4n) is 3.62. The average Bonchev–Trinajstić information content (AvgIpc) is 2.64. The molecule has 0 bridgehead atoms. The van der Waals surface area contributed by atoms with E-state index in [-0.39, 0.29) is 17.1 Å². The minimum absolute atomic E-state index is 0.0298. The zero-order chi connectivity index (χ0) is 23.9. The quantitative estimate of drug-likeness (QED) is 0.373. The number of ether oxygens (including phenoxy) is 4. The molecular formula is C26H41NO5. The van der Waals surface area contributed by atoms with E-state index in [0.717, 1.165) is 31.5 Å². The van der Waals surface area contributed by atoms with Crippen LogP contribution in [-0.4, -0.2) is 47.7 Å². The van der Waals surface area contributed by atoms with E-state index in [4.69, 9.17) is 18.9 Å². The Balaban J connectivity index is 2.20. The SMILES string of the molecule is CC(Oc1ccc(/C=C/C(=O)N2CCCCC2)c(OC(C)OC(C)(C)C)c1)OC(C)(C)C. The maximum absolute atomic E-state index is 12.6. The van der Waals surface area contributed by atoms with E-state index in [1.165, 1.54) is 6.42 Å². The van der Waals surface area contributed by atoms with Gasteiger partial charge in [-0.15, -0.1) is 0 Å². The van der Waals surface area contributed by atoms with Crippen molar-refractivity contribution in [2.45, 2.75) is 98.4 Å². The number of hydrogen-bond acceptors (Lipinski definition) is 5. The Labute approximate surface area is 193 Å². The number of benzene rings is 1. The lowest BCUT2D eigenvalue weighted by Crippen LogP contribution is -2.34. The minimum atomic E-state index is -0.474. The van der Waals surface area contributed by atoms with Crippen molar-refractivity contribution < 1.29 is 23.7 Å². The van der Waals surface area contributed by atoms with Gasteiger partial charge in [-0.25, -0.2) is 0 Å². The van der Waals surface area contributed by atoms with Gasteiger partial charge in [-0.05, 0) is 92.9 Å². The molecule has 1 aliphatic rings. The highest BCUT2D eigenvalue weighted by Crippen LogP contribution is 2.29. The monoisotopic (exact) mass is 447 g/mol. The molecule has 0 aliphatic carbocycles. The number of likely N-dealkylation sites (tertiary alicyclic amines) is 1. The summed E-state index contributed by atoms with van der Waals surface area (Å²) in [5, 5.41) is 0. The lowest BCUT2D eigenvalue weighted by Gasteiger charge is -2.27. The molecule has 1 fully saturated rings. The van der Waals surface area contributed by atoms with E-state index in [9.17, 15) is 4.79 Å². The van der Waals surface area contributed by atoms with Crippen molar-refractivity contribution in [2.24, 2.45) is 0 Å². The highest BCUT2D eigenvalue weighted by molar-refractivity contribution is 5.92. The molecule has 0 N–H and O–H groups in total. The predicted molar refractivity (Wildman–Crippen MR) is 128 cm³/mol. The molecule has 1 amide bonds. The largest absolute Gasteiger partial charge is 0.465 e. The first kappa shape index (κ1) is 26.2. The highest BCUT2D eigenvalue weighted by Gasteiger charge is 2.20. The molecular weight excluding hydrogens is 406 g/mol. The average molecular weight is 448 g/mol. The number of carbonyl (C=O) groups excluding carboxylic acids is 1. The third kappa shape index (κ3) is 9.61. The maximum Gasteiger partial charge on any atom is 0.246 e. The fraction of sp³-hybridized carbons (Fsp3) is 0.654. The van der Waals surface area contributed by atoms with Crippen LogP contribution in [0, 0.1) is 0 Å². The van der Waals surface area contributed by atoms with Gasteiger partial charge in [0.1, 0.15) is 11.5 Å². The molecule has 0 aromatic heterocycles. The van der Waals surface area contributed by atoms with Crippen LogP contribution in [0.4, 0.5) is 0 Å². The van der Waals surface area contributed by atoms with Crippen molar-refractivity contribution in [2.75, 3.05) is 13.1 Å². The van der Waals surface area contributed by atoms with Crippen molar-refractivity contribution in [3.05, 3.63) is 29.8 Å². The number of piperidine rings is 1. The molecule has 6 nitrogen and oxygen atoms in total. The smallest absolute Gasteiger partial charge is 0.246 e. The van der Waals surface area contributed by atoms with Crippen LogP contribution in [0.3, 0.4) is 0 Å². The van der Waals surface area contributed by atoms with Gasteiger partial charge in [-0.2, -0.15) is 0 Å². The van der Waals surface area contributed by atoms with Crippen molar-refractivity contribution in [1.29, 1.82) is 0 Å². The Morgan fingerprint density at radius 3 is 2.03 bits per heavy atom. The molecule has 2 rings (SSSR count). The summed E-state index contributed by atoms with van der Waals surface area (Å²) in [6.07, 6.45) is 5.85. The molecule has 32 heavy (non-hydrogen) atoms. The summed E-state index contributed by atoms with van der Waals surface area (Å²) in [6, 6.07) is 5.56. The Kier molecular flexibility index (Phi) is 9.17. The summed E-state index contributed by atoms with van der Waals surface area (Å²) >= 11 is 0. The van der Waals surface area contributed by atoms with E-state index in [0.29, 0.717) is 11.5 Å². The van der Waals surface area contributed by atoms with Gasteiger partial charge in [-0.1, -0.05) is 0 Å². The molecule has 180 valence electrons. The molecule has 1 heterocycles. The topological polar surface area (TPSA) is 57.2 Å². The Bertz CT molecular complexity index is 769. The Morgan fingerprint density at radius 1 is 0.906 bits per heavy atom. The van der Waals surface area contributed by atoms with E-state index >= 15 is 0 Å². The van der Waals surface area contributed by atoms with Gasteiger partial charge in [0.25, 0.3) is 0 Å². The van der Waals surface area contributed by atoms with Crippen molar-refractivity contribution >= 4 is 12.0 Å². The molecule has 2 atom stereocenters. The normalized spacial score (nSPS) is 17.3. The van der Waals surface area contributed by atoms with Crippen molar-refractivity contribution in [3.8, 4) is 11.5 Å². The maximum atomic E-state index is 12.6. The fourth-order valence-corrected chi connectivity index (χ4v) is 3.62. The third-order valence-electron chi connectivity index (χ3n) is 4.69. The van der Waals surface area contributed by atoms with E-state index < -0.39 is 12.6 Å². The first-order chi connectivity index (χ1) is 14.8. The Hall–Kier alpha value is -2.05. The first-order valence-electron chi connectivity index (χ1n) is 11.6. The van der Waals surface area contributed by atoms with Crippen molar-refractivity contribution in [1.82, 2.24) is 4.90 Å².